The zero-order chi connectivity index (χ0) is 15.9. The molecule has 1 amide bonds. The third-order valence-corrected chi connectivity index (χ3v) is 3.69. The van der Waals surface area contributed by atoms with Crippen LogP contribution in [-0.2, 0) is 11.3 Å². The summed E-state index contributed by atoms with van der Waals surface area (Å²) in [5, 5.41) is 2.65. The van der Waals surface area contributed by atoms with Crippen LogP contribution in [0.3, 0.4) is 0 Å². The number of nitrogens with one attached hydrogen (secondary N) is 1. The molecule has 0 aliphatic rings. The monoisotopic (exact) mass is 365 g/mol. The van der Waals surface area contributed by atoms with Crippen LogP contribution in [0.5, 0.6) is 11.5 Å². The molecule has 0 bridgehead atoms. The maximum Gasteiger partial charge on any atom is 0.412 e. The summed E-state index contributed by atoms with van der Waals surface area (Å²) in [5.41, 5.74) is 1.41. The molecule has 0 atom stereocenters. The quantitative estimate of drug-likeness (QED) is 0.861. The molecule has 0 unspecified atom stereocenters. The van der Waals surface area contributed by atoms with Crippen molar-refractivity contribution >= 4 is 27.7 Å². The Morgan fingerprint density at radius 3 is 2.45 bits per heavy atom. The van der Waals surface area contributed by atoms with E-state index in [2.05, 4.69) is 21.2 Å². The maximum absolute atomic E-state index is 11.9. The van der Waals surface area contributed by atoms with E-state index in [0.717, 1.165) is 5.56 Å². The topological polar surface area (TPSA) is 56.8 Å². The van der Waals surface area contributed by atoms with Crippen molar-refractivity contribution in [2.45, 2.75) is 6.61 Å². The van der Waals surface area contributed by atoms with Gasteiger partial charge in [0.05, 0.1) is 19.9 Å². The van der Waals surface area contributed by atoms with Crippen LogP contribution in [0.1, 0.15) is 5.56 Å². The smallest absolute Gasteiger partial charge is 0.412 e. The maximum atomic E-state index is 11.9. The Hall–Kier alpha value is -2.21. The number of rotatable bonds is 5. The number of benzene rings is 2. The van der Waals surface area contributed by atoms with Crippen LogP contribution in [0.15, 0.2) is 46.9 Å². The van der Waals surface area contributed by atoms with E-state index < -0.39 is 6.09 Å². The van der Waals surface area contributed by atoms with Crippen LogP contribution in [0.25, 0.3) is 0 Å². The van der Waals surface area contributed by atoms with E-state index in [1.54, 1.807) is 19.2 Å². The van der Waals surface area contributed by atoms with Gasteiger partial charge in [-0.25, -0.2) is 4.79 Å². The zero-order valence-electron chi connectivity index (χ0n) is 12.3. The lowest BCUT2D eigenvalue weighted by Crippen LogP contribution is -2.14. The molecule has 116 valence electrons. The molecule has 0 heterocycles. The van der Waals surface area contributed by atoms with Gasteiger partial charge in [0.25, 0.3) is 0 Å². The molecule has 0 aliphatic carbocycles. The Morgan fingerprint density at radius 2 is 1.82 bits per heavy atom. The van der Waals surface area contributed by atoms with Gasteiger partial charge in [-0.3, -0.25) is 5.32 Å². The predicted octanol–water partition coefficient (Wildman–Crippen LogP) is 4.22. The minimum absolute atomic E-state index is 0.201. The molecule has 0 fully saturated rings. The minimum atomic E-state index is -0.556. The highest BCUT2D eigenvalue weighted by atomic mass is 79.9. The first-order chi connectivity index (χ1) is 10.7. The van der Waals surface area contributed by atoms with Gasteiger partial charge >= 0.3 is 6.09 Å². The van der Waals surface area contributed by atoms with E-state index >= 15 is 0 Å². The lowest BCUT2D eigenvalue weighted by Gasteiger charge is -2.14. The Kier molecular flexibility index (Phi) is 5.66. The van der Waals surface area contributed by atoms with Crippen molar-refractivity contribution in [2.24, 2.45) is 0 Å². The summed E-state index contributed by atoms with van der Waals surface area (Å²) in [6.45, 7) is 0.201. The molecule has 22 heavy (non-hydrogen) atoms. The standard InChI is InChI=1S/C16H16BrNO4/c1-20-13-9-8-12(15(21-2)14(13)17)18-16(19)22-10-11-6-4-3-5-7-11/h3-9H,10H2,1-2H3,(H,18,19). The summed E-state index contributed by atoms with van der Waals surface area (Å²) in [6.07, 6.45) is -0.556. The largest absolute Gasteiger partial charge is 0.495 e. The normalized spacial score (nSPS) is 9.95. The molecule has 0 radical (unpaired) electrons. The van der Waals surface area contributed by atoms with E-state index in [-0.39, 0.29) is 6.61 Å². The molecule has 2 rings (SSSR count). The van der Waals surface area contributed by atoms with Gasteiger partial charge in [-0.2, -0.15) is 0 Å². The first-order valence-electron chi connectivity index (χ1n) is 6.54. The number of carbonyl (C=O) groups is 1. The molecule has 0 spiro atoms. The second-order valence-corrected chi connectivity index (χ2v) is 5.14. The molecule has 6 heteroatoms. The van der Waals surface area contributed by atoms with Crippen molar-refractivity contribution in [1.29, 1.82) is 0 Å². The van der Waals surface area contributed by atoms with Crippen LogP contribution in [0.4, 0.5) is 10.5 Å². The number of amides is 1. The Labute approximate surface area is 137 Å². The minimum Gasteiger partial charge on any atom is -0.495 e. The lowest BCUT2D eigenvalue weighted by atomic mass is 10.2. The van der Waals surface area contributed by atoms with E-state index in [1.807, 2.05) is 30.3 Å². The first kappa shape index (κ1) is 16.2. The summed E-state index contributed by atoms with van der Waals surface area (Å²) in [4.78, 5) is 11.9. The number of halogens is 1. The molecule has 0 saturated heterocycles. The fraction of sp³-hybridized carbons (Fsp3) is 0.188. The summed E-state index contributed by atoms with van der Waals surface area (Å²) >= 11 is 3.38. The Bertz CT molecular complexity index is 646. The molecule has 5 nitrogen and oxygen atoms in total. The highest BCUT2D eigenvalue weighted by molar-refractivity contribution is 9.10. The fourth-order valence-electron chi connectivity index (χ4n) is 1.86. The number of carbonyl (C=O) groups excluding carboxylic acids is 1. The number of hydrogen-bond donors (Lipinski definition) is 1. The van der Waals surface area contributed by atoms with Gasteiger partial charge in [-0.15, -0.1) is 0 Å². The summed E-state index contributed by atoms with van der Waals surface area (Å²) in [7, 11) is 3.07. The second-order valence-electron chi connectivity index (χ2n) is 4.35. The van der Waals surface area contributed by atoms with Crippen molar-refractivity contribution in [3.8, 4) is 11.5 Å². The third kappa shape index (κ3) is 3.92. The SMILES string of the molecule is COc1ccc(NC(=O)OCc2ccccc2)c(OC)c1Br. The Morgan fingerprint density at radius 1 is 1.09 bits per heavy atom. The number of hydrogen-bond acceptors (Lipinski definition) is 4. The molecule has 0 aromatic heterocycles. The van der Waals surface area contributed by atoms with Gasteiger partial charge < -0.3 is 14.2 Å². The second kappa shape index (κ2) is 7.70. The van der Waals surface area contributed by atoms with Crippen molar-refractivity contribution in [2.75, 3.05) is 19.5 Å². The highest BCUT2D eigenvalue weighted by Gasteiger charge is 2.15. The fourth-order valence-corrected chi connectivity index (χ4v) is 2.53. The Balaban J connectivity index is 2.04. The summed E-state index contributed by atoms with van der Waals surface area (Å²) < 4.78 is 16.3. The van der Waals surface area contributed by atoms with Crippen molar-refractivity contribution in [3.05, 3.63) is 52.5 Å². The van der Waals surface area contributed by atoms with Crippen LogP contribution < -0.4 is 14.8 Å². The van der Waals surface area contributed by atoms with Crippen LogP contribution in [-0.4, -0.2) is 20.3 Å². The molecular weight excluding hydrogens is 350 g/mol. The number of anilines is 1. The van der Waals surface area contributed by atoms with Crippen molar-refractivity contribution < 1.29 is 19.0 Å². The van der Waals surface area contributed by atoms with E-state index in [9.17, 15) is 4.79 Å². The highest BCUT2D eigenvalue weighted by Crippen LogP contribution is 2.40. The molecule has 0 saturated carbocycles. The third-order valence-electron chi connectivity index (χ3n) is 2.94. The van der Waals surface area contributed by atoms with Gasteiger partial charge in [0, 0.05) is 0 Å². The summed E-state index contributed by atoms with van der Waals surface area (Å²) in [6, 6.07) is 12.9. The molecule has 2 aromatic rings. The number of ether oxygens (including phenoxy) is 3. The average molecular weight is 366 g/mol. The van der Waals surface area contributed by atoms with Gasteiger partial charge in [-0.1, -0.05) is 30.3 Å². The van der Waals surface area contributed by atoms with Gasteiger partial charge in [0.2, 0.25) is 0 Å². The number of methoxy groups -OCH3 is 2. The average Bonchev–Trinajstić information content (AvgIpc) is 2.54. The van der Waals surface area contributed by atoms with Gasteiger partial charge in [0.15, 0.2) is 5.75 Å². The summed E-state index contributed by atoms with van der Waals surface area (Å²) in [5.74, 6) is 1.08. The molecule has 0 aliphatic heterocycles. The molecular formula is C16H16BrNO4. The van der Waals surface area contributed by atoms with Gasteiger partial charge in [0.1, 0.15) is 16.8 Å². The molecule has 1 N–H and O–H groups in total. The van der Waals surface area contributed by atoms with Crippen molar-refractivity contribution in [3.63, 3.8) is 0 Å². The first-order valence-corrected chi connectivity index (χ1v) is 7.33. The van der Waals surface area contributed by atoms with E-state index in [1.165, 1.54) is 7.11 Å². The van der Waals surface area contributed by atoms with E-state index in [0.29, 0.717) is 21.7 Å². The van der Waals surface area contributed by atoms with Crippen LogP contribution in [0, 0.1) is 0 Å². The lowest BCUT2D eigenvalue weighted by molar-refractivity contribution is 0.155. The molecule has 2 aromatic carbocycles. The van der Waals surface area contributed by atoms with Crippen molar-refractivity contribution in [1.82, 2.24) is 0 Å². The predicted molar refractivity (Wildman–Crippen MR) is 87.5 cm³/mol. The zero-order valence-corrected chi connectivity index (χ0v) is 13.8. The van der Waals surface area contributed by atoms with Crippen LogP contribution >= 0.6 is 15.9 Å². The van der Waals surface area contributed by atoms with Crippen LogP contribution in [0.2, 0.25) is 0 Å². The van der Waals surface area contributed by atoms with E-state index in [4.69, 9.17) is 14.2 Å². The van der Waals surface area contributed by atoms with Gasteiger partial charge in [-0.05, 0) is 33.6 Å².